The van der Waals surface area contributed by atoms with Crippen molar-refractivity contribution in [2.24, 2.45) is 4.99 Å². The van der Waals surface area contributed by atoms with E-state index in [0.29, 0.717) is 12.4 Å². The lowest BCUT2D eigenvalue weighted by Crippen LogP contribution is -2.28. The quantitative estimate of drug-likeness (QED) is 0.330. The van der Waals surface area contributed by atoms with E-state index < -0.39 is 6.10 Å². The van der Waals surface area contributed by atoms with Gasteiger partial charge in [0.1, 0.15) is 11.9 Å². The Labute approximate surface area is 172 Å². The van der Waals surface area contributed by atoms with Gasteiger partial charge in [-0.05, 0) is 24.3 Å². The van der Waals surface area contributed by atoms with Crippen molar-refractivity contribution in [3.05, 3.63) is 68.9 Å². The maximum absolute atomic E-state index is 10.9. The number of halogens is 2. The molecule has 1 aliphatic heterocycles. The molecule has 0 saturated carbocycles. The van der Waals surface area contributed by atoms with E-state index in [0.717, 1.165) is 36.5 Å². The molecule has 0 radical (unpaired) electrons. The van der Waals surface area contributed by atoms with E-state index in [9.17, 15) is 5.11 Å². The summed E-state index contributed by atoms with van der Waals surface area (Å²) in [6, 6.07) is 12.2. The average molecular weight is 488 g/mol. The Morgan fingerprint density at radius 3 is 2.41 bits per heavy atom. The molecule has 0 aliphatic carbocycles. The van der Waals surface area contributed by atoms with E-state index in [1.54, 1.807) is 0 Å². The van der Waals surface area contributed by atoms with Crippen molar-refractivity contribution >= 4 is 59.5 Å². The second kappa shape index (κ2) is 6.51. The number of aliphatic hydroxyl groups is 1. The van der Waals surface area contributed by atoms with Crippen molar-refractivity contribution in [3.63, 3.8) is 0 Å². The van der Waals surface area contributed by atoms with E-state index in [4.69, 9.17) is 0 Å². The van der Waals surface area contributed by atoms with Gasteiger partial charge in [0.25, 0.3) is 0 Å². The first-order chi connectivity index (χ1) is 13.1. The molecule has 1 aliphatic rings. The molecule has 0 unspecified atom stereocenters. The van der Waals surface area contributed by atoms with Crippen molar-refractivity contribution in [2.75, 3.05) is 6.54 Å². The molecule has 5 nitrogen and oxygen atoms in total. The molecule has 2 atom stereocenters. The van der Waals surface area contributed by atoms with E-state index in [2.05, 4.69) is 64.3 Å². The van der Waals surface area contributed by atoms with Gasteiger partial charge in [-0.15, -0.1) is 0 Å². The molecule has 0 fully saturated rings. The highest BCUT2D eigenvalue weighted by Gasteiger charge is 2.28. The van der Waals surface area contributed by atoms with Gasteiger partial charge < -0.3 is 20.4 Å². The first-order valence-corrected chi connectivity index (χ1v) is 10.2. The Hall–Kier alpha value is -2.09. The van der Waals surface area contributed by atoms with Crippen LogP contribution in [0.2, 0.25) is 0 Å². The minimum atomic E-state index is -0.788. The highest BCUT2D eigenvalue weighted by atomic mass is 79.9. The van der Waals surface area contributed by atoms with Crippen molar-refractivity contribution in [1.82, 2.24) is 15.3 Å². The summed E-state index contributed by atoms with van der Waals surface area (Å²) in [6.45, 7) is 0.601. The number of aliphatic hydroxyl groups excluding tert-OH is 1. The fraction of sp³-hybridized carbons (Fsp3) is 0.150. The van der Waals surface area contributed by atoms with Gasteiger partial charge in [0.2, 0.25) is 0 Å². The number of hydrogen-bond donors (Lipinski definition) is 4. The fourth-order valence-corrected chi connectivity index (χ4v) is 4.43. The molecule has 3 heterocycles. The Balaban J connectivity index is 1.42. The number of benzene rings is 2. The van der Waals surface area contributed by atoms with Crippen LogP contribution in [0.25, 0.3) is 21.8 Å². The average Bonchev–Trinajstić information content (AvgIpc) is 3.37. The van der Waals surface area contributed by atoms with E-state index in [1.807, 2.05) is 36.7 Å². The van der Waals surface area contributed by atoms with Crippen LogP contribution in [0, 0.1) is 0 Å². The van der Waals surface area contributed by atoms with Crippen LogP contribution in [0.4, 0.5) is 0 Å². The highest BCUT2D eigenvalue weighted by Crippen LogP contribution is 2.32. The van der Waals surface area contributed by atoms with Crippen LogP contribution in [0.5, 0.6) is 0 Å². The van der Waals surface area contributed by atoms with Gasteiger partial charge in [0, 0.05) is 54.3 Å². The third kappa shape index (κ3) is 2.90. The normalized spacial score (nSPS) is 18.0. The summed E-state index contributed by atoms with van der Waals surface area (Å²) in [5, 5.41) is 16.5. The number of aromatic nitrogens is 2. The van der Waals surface area contributed by atoms with Crippen molar-refractivity contribution in [3.8, 4) is 0 Å². The molecule has 4 N–H and O–H groups in total. The van der Waals surface area contributed by atoms with Gasteiger partial charge in [-0.2, -0.15) is 0 Å². The smallest absolute Gasteiger partial charge is 0.138 e. The molecule has 0 bridgehead atoms. The number of nitrogens with one attached hydrogen (secondary N) is 3. The minimum Gasteiger partial charge on any atom is -0.380 e. The summed E-state index contributed by atoms with van der Waals surface area (Å²) in [4.78, 5) is 11.1. The number of fused-ring (bicyclic) bond motifs is 2. The zero-order valence-electron chi connectivity index (χ0n) is 14.1. The largest absolute Gasteiger partial charge is 0.380 e. The molecule has 27 heavy (non-hydrogen) atoms. The SMILES string of the molecule is O[C@H](C1=NC[C@H](c2c[nH]c3cc(Br)ccc23)N1)c1c[nH]c2cc(Br)ccc12. The number of H-pyrrole nitrogens is 2. The van der Waals surface area contributed by atoms with Gasteiger partial charge in [0.15, 0.2) is 0 Å². The Kier molecular flexibility index (Phi) is 4.11. The zero-order chi connectivity index (χ0) is 18.5. The molecule has 2 aromatic heterocycles. The Morgan fingerprint density at radius 1 is 0.963 bits per heavy atom. The summed E-state index contributed by atoms with van der Waals surface area (Å²) in [6.07, 6.45) is 3.08. The first kappa shape index (κ1) is 17.0. The standard InChI is InChI=1S/C20H16Br2N4O/c21-10-1-3-12-14(7-23-16(12)5-10)18-9-25-20(26-18)19(27)15-8-24-17-6-11(22)2-4-13(15)17/h1-8,18-19,23-24,27H,9H2,(H,25,26)/t18-,19+/m1/s1. The maximum atomic E-state index is 10.9. The third-order valence-corrected chi connectivity index (χ3v) is 6.03. The summed E-state index contributed by atoms with van der Waals surface area (Å²) < 4.78 is 2.04. The van der Waals surface area contributed by atoms with Gasteiger partial charge in [0.05, 0.1) is 12.6 Å². The third-order valence-electron chi connectivity index (χ3n) is 5.05. The van der Waals surface area contributed by atoms with Crippen molar-refractivity contribution in [1.29, 1.82) is 0 Å². The molecular weight excluding hydrogens is 472 g/mol. The topological polar surface area (TPSA) is 76.2 Å². The number of amidine groups is 1. The lowest BCUT2D eigenvalue weighted by atomic mass is 10.1. The minimum absolute atomic E-state index is 0.0453. The second-order valence-corrected chi connectivity index (χ2v) is 8.52. The summed E-state index contributed by atoms with van der Waals surface area (Å²) in [5.74, 6) is 0.607. The van der Waals surface area contributed by atoms with Crippen LogP contribution in [0.3, 0.4) is 0 Å². The molecule has 0 amide bonds. The van der Waals surface area contributed by atoms with Crippen LogP contribution in [0.1, 0.15) is 23.3 Å². The molecule has 136 valence electrons. The molecule has 0 saturated heterocycles. The molecular formula is C20H16Br2N4O. The Bertz CT molecular complexity index is 1190. The molecule has 4 aromatic rings. The van der Waals surface area contributed by atoms with Crippen LogP contribution in [-0.4, -0.2) is 27.5 Å². The molecule has 2 aromatic carbocycles. The molecule has 0 spiro atoms. The predicted molar refractivity (Wildman–Crippen MR) is 115 cm³/mol. The predicted octanol–water partition coefficient (Wildman–Crippen LogP) is 4.95. The van der Waals surface area contributed by atoms with Gasteiger partial charge in [-0.3, -0.25) is 4.99 Å². The van der Waals surface area contributed by atoms with E-state index in [-0.39, 0.29) is 6.04 Å². The lowest BCUT2D eigenvalue weighted by Gasteiger charge is -2.15. The van der Waals surface area contributed by atoms with Crippen LogP contribution in [0.15, 0.2) is 62.7 Å². The highest BCUT2D eigenvalue weighted by molar-refractivity contribution is 9.10. The number of aromatic amines is 2. The maximum Gasteiger partial charge on any atom is 0.138 e. The van der Waals surface area contributed by atoms with Crippen molar-refractivity contribution in [2.45, 2.75) is 12.1 Å². The van der Waals surface area contributed by atoms with Crippen LogP contribution in [-0.2, 0) is 0 Å². The van der Waals surface area contributed by atoms with Gasteiger partial charge in [-0.1, -0.05) is 44.0 Å². The second-order valence-electron chi connectivity index (χ2n) is 6.69. The van der Waals surface area contributed by atoms with E-state index >= 15 is 0 Å². The van der Waals surface area contributed by atoms with E-state index in [1.165, 1.54) is 5.39 Å². The molecule has 7 heteroatoms. The number of nitrogens with zero attached hydrogens (tertiary/aromatic N) is 1. The lowest BCUT2D eigenvalue weighted by molar-refractivity contribution is 0.245. The van der Waals surface area contributed by atoms with Gasteiger partial charge in [-0.25, -0.2) is 0 Å². The molecule has 5 rings (SSSR count). The summed E-state index contributed by atoms with van der Waals surface area (Å²) >= 11 is 6.98. The van der Waals surface area contributed by atoms with Crippen molar-refractivity contribution < 1.29 is 5.11 Å². The fourth-order valence-electron chi connectivity index (χ4n) is 3.70. The van der Waals surface area contributed by atoms with Crippen LogP contribution >= 0.6 is 31.9 Å². The van der Waals surface area contributed by atoms with Crippen LogP contribution < -0.4 is 5.32 Å². The van der Waals surface area contributed by atoms with Gasteiger partial charge >= 0.3 is 0 Å². The number of rotatable bonds is 3. The number of hydrogen-bond acceptors (Lipinski definition) is 3. The Morgan fingerprint density at radius 2 is 1.63 bits per heavy atom. The summed E-state index contributed by atoms with van der Waals surface area (Å²) in [7, 11) is 0. The number of aliphatic imine (C=N–C) groups is 1. The monoisotopic (exact) mass is 486 g/mol. The zero-order valence-corrected chi connectivity index (χ0v) is 17.3. The first-order valence-electron chi connectivity index (χ1n) is 8.62. The summed E-state index contributed by atoms with van der Waals surface area (Å²) in [5.41, 5.74) is 4.05.